The molecule has 0 saturated carbocycles. The van der Waals surface area contributed by atoms with E-state index in [4.69, 9.17) is 15.7 Å². The van der Waals surface area contributed by atoms with Crippen LogP contribution in [0.4, 0.5) is 0 Å². The van der Waals surface area contributed by atoms with Crippen LogP contribution in [0, 0.1) is 0 Å². The molecule has 0 spiro atoms. The molecule has 2 aromatic rings. The molecule has 0 aliphatic rings. The van der Waals surface area contributed by atoms with Gasteiger partial charge in [0, 0.05) is 23.1 Å². The molecule has 7 nitrogen and oxygen atoms in total. The van der Waals surface area contributed by atoms with Crippen molar-refractivity contribution in [1.82, 2.24) is 15.0 Å². The number of hydrogen-bond acceptors (Lipinski definition) is 6. The number of rotatable bonds is 3. The van der Waals surface area contributed by atoms with Crippen LogP contribution in [0.25, 0.3) is 0 Å². The van der Waals surface area contributed by atoms with Crippen LogP contribution >= 0.6 is 15.9 Å². The molecule has 18 heavy (non-hydrogen) atoms. The first kappa shape index (κ1) is 12.2. The largest absolute Gasteiger partial charge is 0.435 e. The molecule has 0 radical (unpaired) electrons. The molecule has 0 aromatic carbocycles. The number of aromatic nitrogens is 3. The van der Waals surface area contributed by atoms with Gasteiger partial charge in [-0.1, -0.05) is 5.16 Å². The Morgan fingerprint density at radius 2 is 2.11 bits per heavy atom. The lowest BCUT2D eigenvalue weighted by atomic mass is 10.4. The average molecular weight is 310 g/mol. The van der Waals surface area contributed by atoms with Crippen molar-refractivity contribution in [3.63, 3.8) is 0 Å². The third kappa shape index (κ3) is 2.72. The normalized spacial score (nSPS) is 11.3. The van der Waals surface area contributed by atoms with E-state index in [-0.39, 0.29) is 17.4 Å². The molecule has 3 N–H and O–H groups in total. The van der Waals surface area contributed by atoms with Crippen LogP contribution in [0.2, 0.25) is 0 Å². The van der Waals surface area contributed by atoms with Gasteiger partial charge in [-0.3, -0.25) is 4.98 Å². The Labute approximate surface area is 110 Å². The Morgan fingerprint density at radius 3 is 2.83 bits per heavy atom. The van der Waals surface area contributed by atoms with Gasteiger partial charge in [0.15, 0.2) is 11.5 Å². The molecular weight excluding hydrogens is 302 g/mol. The summed E-state index contributed by atoms with van der Waals surface area (Å²) in [6.45, 7) is 0. The number of oxime groups is 1. The first-order valence-electron chi connectivity index (χ1n) is 4.78. The van der Waals surface area contributed by atoms with Gasteiger partial charge < -0.3 is 15.7 Å². The highest BCUT2D eigenvalue weighted by atomic mass is 79.9. The topological polar surface area (TPSA) is 107 Å². The van der Waals surface area contributed by atoms with E-state index in [1.807, 2.05) is 0 Å². The Kier molecular flexibility index (Phi) is 3.68. The summed E-state index contributed by atoms with van der Waals surface area (Å²) in [5.74, 6) is 0.408. The van der Waals surface area contributed by atoms with Gasteiger partial charge >= 0.3 is 0 Å². The molecule has 0 aliphatic heterocycles. The zero-order valence-electron chi connectivity index (χ0n) is 8.99. The summed E-state index contributed by atoms with van der Waals surface area (Å²) >= 11 is 3.27. The van der Waals surface area contributed by atoms with Crippen molar-refractivity contribution in [3.8, 4) is 11.6 Å². The SMILES string of the molecule is NC(=NO)c1nccnc1Oc1cncc(Br)c1. The molecule has 0 saturated heterocycles. The van der Waals surface area contributed by atoms with Crippen molar-refractivity contribution in [2.75, 3.05) is 0 Å². The van der Waals surface area contributed by atoms with Crippen molar-refractivity contribution in [2.24, 2.45) is 10.9 Å². The predicted molar refractivity (Wildman–Crippen MR) is 66.6 cm³/mol. The summed E-state index contributed by atoms with van der Waals surface area (Å²) in [6.07, 6.45) is 5.98. The molecule has 0 bridgehead atoms. The van der Waals surface area contributed by atoms with E-state index in [9.17, 15) is 0 Å². The van der Waals surface area contributed by atoms with Crippen LogP contribution in [0.1, 0.15) is 5.69 Å². The third-order valence-corrected chi connectivity index (χ3v) is 2.34. The van der Waals surface area contributed by atoms with Crippen LogP contribution in [0.5, 0.6) is 11.6 Å². The predicted octanol–water partition coefficient (Wildman–Crippen LogP) is 1.52. The first-order chi connectivity index (χ1) is 8.70. The molecule has 0 aliphatic carbocycles. The van der Waals surface area contributed by atoms with Crippen LogP contribution in [0.15, 0.2) is 40.5 Å². The van der Waals surface area contributed by atoms with Gasteiger partial charge in [-0.2, -0.15) is 0 Å². The molecule has 2 heterocycles. The van der Waals surface area contributed by atoms with Crippen molar-refractivity contribution >= 4 is 21.8 Å². The maximum atomic E-state index is 8.64. The number of halogens is 1. The highest BCUT2D eigenvalue weighted by molar-refractivity contribution is 9.10. The molecule has 0 fully saturated rings. The average Bonchev–Trinajstić information content (AvgIpc) is 2.38. The smallest absolute Gasteiger partial charge is 0.249 e. The quantitative estimate of drug-likeness (QED) is 0.385. The number of amidine groups is 1. The zero-order valence-corrected chi connectivity index (χ0v) is 10.6. The van der Waals surface area contributed by atoms with Gasteiger partial charge in [-0.05, 0) is 22.0 Å². The summed E-state index contributed by atoms with van der Waals surface area (Å²) in [5, 5.41) is 11.5. The molecule has 0 amide bonds. The molecular formula is C10H8BrN5O2. The van der Waals surface area contributed by atoms with E-state index in [0.29, 0.717) is 5.75 Å². The number of hydrogen-bond donors (Lipinski definition) is 2. The van der Waals surface area contributed by atoms with Gasteiger partial charge in [0.2, 0.25) is 5.88 Å². The first-order valence-corrected chi connectivity index (χ1v) is 5.57. The minimum absolute atomic E-state index is 0.132. The Bertz CT molecular complexity index is 590. The van der Waals surface area contributed by atoms with Crippen molar-refractivity contribution < 1.29 is 9.94 Å². The standard InChI is InChI=1S/C10H8BrN5O2/c11-6-3-7(5-13-4-6)18-10-8(9(12)16-17)14-1-2-15-10/h1-5,17H,(H2,12,16). The lowest BCUT2D eigenvalue weighted by Crippen LogP contribution is -2.16. The second-order valence-corrected chi connectivity index (χ2v) is 4.05. The second kappa shape index (κ2) is 5.41. The number of nitrogens with zero attached hydrogens (tertiary/aromatic N) is 4. The fraction of sp³-hybridized carbons (Fsp3) is 0. The summed E-state index contributed by atoms with van der Waals surface area (Å²) in [4.78, 5) is 11.8. The molecule has 2 aromatic heterocycles. The van der Waals surface area contributed by atoms with E-state index < -0.39 is 0 Å². The van der Waals surface area contributed by atoms with Gasteiger partial charge in [-0.25, -0.2) is 9.97 Å². The summed E-state index contributed by atoms with van der Waals surface area (Å²) in [5.41, 5.74) is 5.62. The van der Waals surface area contributed by atoms with Gasteiger partial charge in [0.05, 0.1) is 6.20 Å². The summed E-state index contributed by atoms with van der Waals surface area (Å²) in [6, 6.07) is 1.71. The van der Waals surface area contributed by atoms with Crippen molar-refractivity contribution in [3.05, 3.63) is 41.0 Å². The lowest BCUT2D eigenvalue weighted by Gasteiger charge is -2.07. The van der Waals surface area contributed by atoms with Gasteiger partial charge in [-0.15, -0.1) is 0 Å². The van der Waals surface area contributed by atoms with Crippen LogP contribution in [0.3, 0.4) is 0 Å². The summed E-state index contributed by atoms with van der Waals surface area (Å²) < 4.78 is 6.23. The Morgan fingerprint density at radius 1 is 1.33 bits per heavy atom. The van der Waals surface area contributed by atoms with Gasteiger partial charge in [0.25, 0.3) is 0 Å². The minimum atomic E-state index is -0.180. The fourth-order valence-electron chi connectivity index (χ4n) is 1.18. The van der Waals surface area contributed by atoms with Crippen LogP contribution < -0.4 is 10.5 Å². The van der Waals surface area contributed by atoms with E-state index >= 15 is 0 Å². The van der Waals surface area contributed by atoms with E-state index in [1.165, 1.54) is 18.6 Å². The molecule has 8 heteroatoms. The molecule has 92 valence electrons. The Hall–Kier alpha value is -2.22. The molecule has 2 rings (SSSR count). The van der Waals surface area contributed by atoms with E-state index in [2.05, 4.69) is 36.0 Å². The minimum Gasteiger partial charge on any atom is -0.435 e. The van der Waals surface area contributed by atoms with Crippen molar-refractivity contribution in [2.45, 2.75) is 0 Å². The number of ether oxygens (including phenoxy) is 1. The van der Waals surface area contributed by atoms with Crippen LogP contribution in [-0.2, 0) is 0 Å². The highest BCUT2D eigenvalue weighted by Gasteiger charge is 2.12. The van der Waals surface area contributed by atoms with Crippen molar-refractivity contribution in [1.29, 1.82) is 0 Å². The highest BCUT2D eigenvalue weighted by Crippen LogP contribution is 2.23. The third-order valence-electron chi connectivity index (χ3n) is 1.91. The number of nitrogens with two attached hydrogens (primary N) is 1. The Balaban J connectivity index is 2.35. The summed E-state index contributed by atoms with van der Waals surface area (Å²) in [7, 11) is 0. The van der Waals surface area contributed by atoms with E-state index in [1.54, 1.807) is 12.3 Å². The zero-order chi connectivity index (χ0) is 13.0. The fourth-order valence-corrected chi connectivity index (χ4v) is 1.53. The number of pyridine rings is 1. The van der Waals surface area contributed by atoms with Crippen LogP contribution in [-0.4, -0.2) is 26.0 Å². The molecule has 0 unspecified atom stereocenters. The second-order valence-electron chi connectivity index (χ2n) is 3.14. The van der Waals surface area contributed by atoms with Gasteiger partial charge in [0.1, 0.15) is 5.75 Å². The monoisotopic (exact) mass is 309 g/mol. The maximum Gasteiger partial charge on any atom is 0.249 e. The molecule has 0 atom stereocenters. The van der Waals surface area contributed by atoms with E-state index in [0.717, 1.165) is 4.47 Å². The lowest BCUT2D eigenvalue weighted by molar-refractivity contribution is 0.318. The maximum absolute atomic E-state index is 8.64.